The summed E-state index contributed by atoms with van der Waals surface area (Å²) in [6, 6.07) is 9.91. The summed E-state index contributed by atoms with van der Waals surface area (Å²) < 4.78 is 7.66. The molecule has 202 valence electrons. The molecule has 5 rings (SSSR count). The average molecular weight is 701 g/mol. The molecule has 0 atom stereocenters. The fourth-order valence-corrected chi connectivity index (χ4v) is 8.37. The van der Waals surface area contributed by atoms with Crippen molar-refractivity contribution in [3.05, 3.63) is 65.4 Å². The summed E-state index contributed by atoms with van der Waals surface area (Å²) in [6.07, 6.45) is 13.7. The summed E-state index contributed by atoms with van der Waals surface area (Å²) in [4.78, 5) is 21.6. The number of hydrogen-bond acceptors (Lipinski definition) is 4. The van der Waals surface area contributed by atoms with E-state index >= 15 is 0 Å². The molecule has 38 heavy (non-hydrogen) atoms. The Labute approximate surface area is 255 Å². The second-order valence-corrected chi connectivity index (χ2v) is 13.7. The van der Waals surface area contributed by atoms with Gasteiger partial charge < -0.3 is 4.74 Å². The predicted octanol–water partition coefficient (Wildman–Crippen LogP) is 10.0. The van der Waals surface area contributed by atoms with E-state index in [0.717, 1.165) is 55.8 Å². The van der Waals surface area contributed by atoms with Crippen molar-refractivity contribution in [1.29, 1.82) is 0 Å². The number of hydrogen-bond donors (Lipinski definition) is 0. The lowest BCUT2D eigenvalue weighted by atomic mass is 9.94. The van der Waals surface area contributed by atoms with Crippen LogP contribution in [0.1, 0.15) is 75.3 Å². The number of carbonyl (C=O) groups excluding carboxylic acids is 1. The lowest BCUT2D eigenvalue weighted by Crippen LogP contribution is -2.41. The van der Waals surface area contributed by atoms with Crippen LogP contribution in [0.15, 0.2) is 49.2 Å². The van der Waals surface area contributed by atoms with Crippen LogP contribution in [0.25, 0.3) is 6.08 Å². The standard InChI is InChI=1S/C29H30Br2Cl2N2O2S/c30-23-13-18(14-24(31)27(23)37-17-19-11-12-20(32)16-25(19)33)15-26-28(36)35(22-9-5-2-6-10-22)29(38-26)34-21-7-3-1-4-8-21/h11-16,21-22H,1-10,17H2. The molecule has 2 saturated carbocycles. The third-order valence-electron chi connectivity index (χ3n) is 7.35. The highest BCUT2D eigenvalue weighted by atomic mass is 79.9. The number of rotatable bonds is 6. The van der Waals surface area contributed by atoms with Gasteiger partial charge in [-0.15, -0.1) is 0 Å². The minimum atomic E-state index is 0.0846. The maximum Gasteiger partial charge on any atom is 0.266 e. The number of amidine groups is 1. The number of nitrogens with zero attached hydrogens (tertiary/aromatic N) is 2. The zero-order chi connectivity index (χ0) is 26.6. The zero-order valence-electron chi connectivity index (χ0n) is 21.0. The molecule has 0 N–H and O–H groups in total. The van der Waals surface area contributed by atoms with Crippen molar-refractivity contribution in [3.63, 3.8) is 0 Å². The van der Waals surface area contributed by atoms with E-state index in [9.17, 15) is 4.79 Å². The van der Waals surface area contributed by atoms with E-state index in [1.54, 1.807) is 12.1 Å². The van der Waals surface area contributed by atoms with Crippen molar-refractivity contribution in [2.75, 3.05) is 0 Å². The fraction of sp³-hybridized carbons (Fsp3) is 0.448. The lowest BCUT2D eigenvalue weighted by Gasteiger charge is -2.31. The number of amides is 1. The number of benzene rings is 2. The normalized spacial score (nSPS) is 21.6. The molecule has 1 saturated heterocycles. The van der Waals surface area contributed by atoms with Crippen LogP contribution in [-0.2, 0) is 11.4 Å². The monoisotopic (exact) mass is 698 g/mol. The van der Waals surface area contributed by atoms with Gasteiger partial charge in [-0.25, -0.2) is 0 Å². The molecule has 1 aliphatic heterocycles. The number of carbonyl (C=O) groups is 1. The number of thioether (sulfide) groups is 1. The molecule has 4 nitrogen and oxygen atoms in total. The minimum absolute atomic E-state index is 0.0846. The Morgan fingerprint density at radius 3 is 2.29 bits per heavy atom. The maximum absolute atomic E-state index is 13.7. The van der Waals surface area contributed by atoms with Crippen LogP contribution in [0.2, 0.25) is 10.0 Å². The topological polar surface area (TPSA) is 41.9 Å². The smallest absolute Gasteiger partial charge is 0.266 e. The van der Waals surface area contributed by atoms with E-state index in [2.05, 4.69) is 31.9 Å². The van der Waals surface area contributed by atoms with Gasteiger partial charge in [0, 0.05) is 21.7 Å². The molecule has 3 aliphatic rings. The second-order valence-electron chi connectivity index (χ2n) is 10.1. The van der Waals surface area contributed by atoms with E-state index in [-0.39, 0.29) is 11.9 Å². The molecule has 3 fully saturated rings. The van der Waals surface area contributed by atoms with Crippen LogP contribution in [-0.4, -0.2) is 28.1 Å². The molecule has 9 heteroatoms. The quantitative estimate of drug-likeness (QED) is 0.282. The Hall–Kier alpha value is -0.990. The van der Waals surface area contributed by atoms with Gasteiger partial charge in [-0.1, -0.05) is 67.8 Å². The summed E-state index contributed by atoms with van der Waals surface area (Å²) in [5.41, 5.74) is 1.76. The average Bonchev–Trinajstić information content (AvgIpc) is 3.19. The van der Waals surface area contributed by atoms with E-state index in [1.165, 1.54) is 50.3 Å². The van der Waals surface area contributed by atoms with E-state index in [0.29, 0.717) is 28.4 Å². The van der Waals surface area contributed by atoms with Crippen LogP contribution in [0.5, 0.6) is 5.75 Å². The number of ether oxygens (including phenoxy) is 1. The van der Waals surface area contributed by atoms with Crippen LogP contribution in [0.4, 0.5) is 0 Å². The molecular formula is C29H30Br2Cl2N2O2S. The second kappa shape index (κ2) is 13.1. The Balaban J connectivity index is 1.37. The summed E-state index contributed by atoms with van der Waals surface area (Å²) in [5, 5.41) is 2.06. The van der Waals surface area contributed by atoms with Crippen molar-refractivity contribution in [2.24, 2.45) is 4.99 Å². The predicted molar refractivity (Wildman–Crippen MR) is 166 cm³/mol. The van der Waals surface area contributed by atoms with Gasteiger partial charge in [0.25, 0.3) is 5.91 Å². The van der Waals surface area contributed by atoms with Crippen LogP contribution in [0, 0.1) is 0 Å². The summed E-state index contributed by atoms with van der Waals surface area (Å²) in [6.45, 7) is 0.305. The third kappa shape index (κ3) is 6.83. The van der Waals surface area contributed by atoms with E-state index in [4.69, 9.17) is 32.9 Å². The van der Waals surface area contributed by atoms with Crippen LogP contribution < -0.4 is 4.74 Å². The minimum Gasteiger partial charge on any atom is -0.486 e. The largest absolute Gasteiger partial charge is 0.486 e. The summed E-state index contributed by atoms with van der Waals surface area (Å²) in [5.74, 6) is 0.758. The van der Waals surface area contributed by atoms with Gasteiger partial charge in [0.05, 0.1) is 19.9 Å². The van der Waals surface area contributed by atoms with Crippen molar-refractivity contribution in [3.8, 4) is 5.75 Å². The van der Waals surface area contributed by atoms with Crippen molar-refractivity contribution >= 4 is 84.0 Å². The molecule has 0 aromatic heterocycles. The SMILES string of the molecule is O=C1C(=Cc2cc(Br)c(OCc3ccc(Cl)cc3Cl)c(Br)c2)SC(=NC2CCCCC2)N1C1CCCCC1. The molecule has 2 aromatic rings. The van der Waals surface area contributed by atoms with Gasteiger partial charge in [0.15, 0.2) is 5.17 Å². The van der Waals surface area contributed by atoms with Crippen molar-refractivity contribution in [2.45, 2.75) is 82.9 Å². The van der Waals surface area contributed by atoms with Gasteiger partial charge in [0.2, 0.25) is 0 Å². The number of aliphatic imine (C=N–C) groups is 1. The van der Waals surface area contributed by atoms with Gasteiger partial charge >= 0.3 is 0 Å². The summed E-state index contributed by atoms with van der Waals surface area (Å²) in [7, 11) is 0. The zero-order valence-corrected chi connectivity index (χ0v) is 26.5. The summed E-state index contributed by atoms with van der Waals surface area (Å²) >= 11 is 21.2. The van der Waals surface area contributed by atoms with E-state index < -0.39 is 0 Å². The van der Waals surface area contributed by atoms with Gasteiger partial charge in [-0.05, 0) is 105 Å². The fourth-order valence-electron chi connectivity index (χ4n) is 5.34. The van der Waals surface area contributed by atoms with Crippen molar-refractivity contribution < 1.29 is 9.53 Å². The Morgan fingerprint density at radius 1 is 0.974 bits per heavy atom. The molecule has 2 aromatic carbocycles. The van der Waals surface area contributed by atoms with Crippen LogP contribution >= 0.6 is 66.8 Å². The highest BCUT2D eigenvalue weighted by Crippen LogP contribution is 2.41. The molecule has 0 radical (unpaired) electrons. The molecular weight excluding hydrogens is 671 g/mol. The Bertz CT molecular complexity index is 1230. The third-order valence-corrected chi connectivity index (χ3v) is 10.1. The lowest BCUT2D eigenvalue weighted by molar-refractivity contribution is -0.124. The Kier molecular flexibility index (Phi) is 9.85. The van der Waals surface area contributed by atoms with Gasteiger partial charge in [-0.3, -0.25) is 14.7 Å². The number of halogens is 4. The first-order chi connectivity index (χ1) is 18.4. The molecule has 0 spiro atoms. The molecule has 0 bridgehead atoms. The highest BCUT2D eigenvalue weighted by Gasteiger charge is 2.39. The maximum atomic E-state index is 13.7. The van der Waals surface area contributed by atoms with Gasteiger partial charge in [0.1, 0.15) is 12.4 Å². The van der Waals surface area contributed by atoms with Crippen molar-refractivity contribution in [1.82, 2.24) is 4.90 Å². The first-order valence-electron chi connectivity index (χ1n) is 13.3. The van der Waals surface area contributed by atoms with Crippen LogP contribution in [0.3, 0.4) is 0 Å². The first kappa shape index (κ1) is 28.5. The molecule has 1 heterocycles. The Morgan fingerprint density at radius 2 is 1.63 bits per heavy atom. The van der Waals surface area contributed by atoms with Gasteiger partial charge in [-0.2, -0.15) is 0 Å². The van der Waals surface area contributed by atoms with E-state index in [1.807, 2.05) is 29.2 Å². The highest BCUT2D eigenvalue weighted by molar-refractivity contribution is 9.11. The molecule has 0 unspecified atom stereocenters. The molecule has 2 aliphatic carbocycles. The molecule has 1 amide bonds. The first-order valence-corrected chi connectivity index (χ1v) is 16.4.